The zero-order valence-electron chi connectivity index (χ0n) is 22.9. The summed E-state index contributed by atoms with van der Waals surface area (Å²) in [6.07, 6.45) is 4.47. The van der Waals surface area contributed by atoms with Crippen molar-refractivity contribution in [2.75, 3.05) is 26.3 Å². The van der Waals surface area contributed by atoms with Gasteiger partial charge in [-0.2, -0.15) is 0 Å². The molecule has 1 amide bonds. The molecule has 0 spiro atoms. The Balaban J connectivity index is 1.93. The fourth-order valence-corrected chi connectivity index (χ4v) is 4.17. The molecule has 0 saturated heterocycles. The summed E-state index contributed by atoms with van der Waals surface area (Å²) in [5, 5.41) is 31.4. The fraction of sp³-hybridized carbons (Fsp3) is 0.567. The molecular weight excluding hydrogens is 470 g/mol. The maximum absolute atomic E-state index is 12.8. The first-order valence-electron chi connectivity index (χ1n) is 13.3. The van der Waals surface area contributed by atoms with Crippen LogP contribution < -0.4 is 0 Å². The number of phenols is 1. The molecule has 7 nitrogen and oxygen atoms in total. The standard InChI is InChI=1S/C30H45NO6/c1-5-31(28(34)37-29(2,3)4)23-30(35,26-16-17-27(33)25(21-26)22-32)18-10-12-20-36-19-11-9-15-24-13-7-6-8-14-24/h6-8,13-14,16-17,21,32-33,35H,5,9-12,15,18-20,22-23H2,1-4H3. The lowest BCUT2D eigenvalue weighted by Crippen LogP contribution is -2.46. The highest BCUT2D eigenvalue weighted by Gasteiger charge is 2.34. The number of aromatic hydroxyl groups is 1. The molecule has 3 N–H and O–H groups in total. The lowest BCUT2D eigenvalue weighted by atomic mass is 9.86. The Morgan fingerprint density at radius 3 is 2.27 bits per heavy atom. The Bertz CT molecular complexity index is 943. The normalized spacial score (nSPS) is 13.2. The Kier molecular flexibility index (Phi) is 12.4. The van der Waals surface area contributed by atoms with Crippen LogP contribution in [0.1, 0.15) is 76.5 Å². The lowest BCUT2D eigenvalue weighted by molar-refractivity contribution is -0.0266. The average molecular weight is 516 g/mol. The highest BCUT2D eigenvalue weighted by Crippen LogP contribution is 2.32. The number of benzene rings is 2. The molecule has 1 unspecified atom stereocenters. The minimum atomic E-state index is -1.37. The van der Waals surface area contributed by atoms with Gasteiger partial charge in [-0.1, -0.05) is 36.4 Å². The number of unbranched alkanes of at least 4 members (excludes halogenated alkanes) is 2. The van der Waals surface area contributed by atoms with Crippen LogP contribution in [-0.4, -0.2) is 58.2 Å². The summed E-state index contributed by atoms with van der Waals surface area (Å²) in [4.78, 5) is 14.2. The van der Waals surface area contributed by atoms with Crippen molar-refractivity contribution < 1.29 is 29.6 Å². The topological polar surface area (TPSA) is 99.5 Å². The largest absolute Gasteiger partial charge is 0.508 e. The van der Waals surface area contributed by atoms with E-state index in [1.54, 1.807) is 32.9 Å². The molecule has 0 aliphatic heterocycles. The van der Waals surface area contributed by atoms with Crippen LogP contribution >= 0.6 is 0 Å². The van der Waals surface area contributed by atoms with Gasteiger partial charge in [-0.05, 0) is 89.5 Å². The third-order valence-electron chi connectivity index (χ3n) is 6.25. The molecule has 37 heavy (non-hydrogen) atoms. The van der Waals surface area contributed by atoms with Crippen LogP contribution in [0.2, 0.25) is 0 Å². The number of aryl methyl sites for hydroxylation is 1. The van der Waals surface area contributed by atoms with Crippen molar-refractivity contribution in [1.29, 1.82) is 0 Å². The van der Waals surface area contributed by atoms with E-state index in [-0.39, 0.29) is 18.9 Å². The number of nitrogens with zero attached hydrogens (tertiary/aromatic N) is 1. The number of rotatable bonds is 15. The van der Waals surface area contributed by atoms with Crippen molar-refractivity contribution in [2.24, 2.45) is 0 Å². The second-order valence-corrected chi connectivity index (χ2v) is 10.5. The zero-order chi connectivity index (χ0) is 27.3. The molecule has 206 valence electrons. The second-order valence-electron chi connectivity index (χ2n) is 10.5. The van der Waals surface area contributed by atoms with Crippen LogP contribution in [0.15, 0.2) is 48.5 Å². The van der Waals surface area contributed by atoms with Crippen LogP contribution in [0.25, 0.3) is 0 Å². The molecule has 0 aliphatic rings. The van der Waals surface area contributed by atoms with Gasteiger partial charge in [-0.25, -0.2) is 4.79 Å². The van der Waals surface area contributed by atoms with Crippen molar-refractivity contribution in [3.63, 3.8) is 0 Å². The zero-order valence-corrected chi connectivity index (χ0v) is 22.9. The highest BCUT2D eigenvalue weighted by molar-refractivity contribution is 5.68. The number of amides is 1. The Morgan fingerprint density at radius 1 is 0.973 bits per heavy atom. The van der Waals surface area contributed by atoms with E-state index < -0.39 is 17.3 Å². The van der Waals surface area contributed by atoms with E-state index in [0.29, 0.717) is 43.7 Å². The maximum Gasteiger partial charge on any atom is 0.410 e. The number of carbonyl (C=O) groups excluding carboxylic acids is 1. The number of ether oxygens (including phenoxy) is 2. The highest BCUT2D eigenvalue weighted by atomic mass is 16.6. The first-order valence-corrected chi connectivity index (χ1v) is 13.3. The van der Waals surface area contributed by atoms with Crippen LogP contribution in [0.4, 0.5) is 4.79 Å². The van der Waals surface area contributed by atoms with E-state index >= 15 is 0 Å². The number of hydrogen-bond acceptors (Lipinski definition) is 6. The summed E-state index contributed by atoms with van der Waals surface area (Å²) >= 11 is 0. The lowest BCUT2D eigenvalue weighted by Gasteiger charge is -2.35. The Labute approximate surface area is 222 Å². The third kappa shape index (κ3) is 10.7. The van der Waals surface area contributed by atoms with Gasteiger partial charge in [0.1, 0.15) is 17.0 Å². The summed E-state index contributed by atoms with van der Waals surface area (Å²) in [5.74, 6) is -0.0336. The van der Waals surface area contributed by atoms with Crippen LogP contribution in [0.3, 0.4) is 0 Å². The van der Waals surface area contributed by atoms with E-state index in [4.69, 9.17) is 9.47 Å². The van der Waals surface area contributed by atoms with Gasteiger partial charge in [0.05, 0.1) is 13.2 Å². The van der Waals surface area contributed by atoms with Gasteiger partial charge in [-0.15, -0.1) is 0 Å². The van der Waals surface area contributed by atoms with Gasteiger partial charge in [0.25, 0.3) is 0 Å². The Hall–Kier alpha value is -2.61. The van der Waals surface area contributed by atoms with Gasteiger partial charge in [0, 0.05) is 25.3 Å². The summed E-state index contributed by atoms with van der Waals surface area (Å²) in [6.45, 7) is 8.62. The fourth-order valence-electron chi connectivity index (χ4n) is 4.17. The first kappa shape index (κ1) is 30.6. The maximum atomic E-state index is 12.8. The number of aliphatic hydroxyl groups excluding tert-OH is 1. The SMILES string of the molecule is CCN(CC(O)(CCCCOCCCCc1ccccc1)c1ccc(O)c(CO)c1)C(=O)OC(C)(C)C. The van der Waals surface area contributed by atoms with Crippen molar-refractivity contribution >= 4 is 6.09 Å². The molecule has 0 aromatic heterocycles. The minimum Gasteiger partial charge on any atom is -0.508 e. The molecule has 0 saturated carbocycles. The number of aliphatic hydroxyl groups is 2. The first-order chi connectivity index (χ1) is 17.6. The minimum absolute atomic E-state index is 0.0336. The summed E-state index contributed by atoms with van der Waals surface area (Å²) in [7, 11) is 0. The molecule has 0 bridgehead atoms. The van der Waals surface area contributed by atoms with Crippen molar-refractivity contribution in [1.82, 2.24) is 4.90 Å². The van der Waals surface area contributed by atoms with Gasteiger partial charge in [0.15, 0.2) is 0 Å². The van der Waals surface area contributed by atoms with Crippen molar-refractivity contribution in [3.05, 3.63) is 65.2 Å². The van der Waals surface area contributed by atoms with Crippen LogP contribution in [0.5, 0.6) is 5.75 Å². The third-order valence-corrected chi connectivity index (χ3v) is 6.25. The summed E-state index contributed by atoms with van der Waals surface area (Å²) in [6, 6.07) is 15.1. The number of carbonyl (C=O) groups is 1. The van der Waals surface area contributed by atoms with E-state index in [1.165, 1.54) is 16.5 Å². The molecular formula is C30H45NO6. The van der Waals surface area contributed by atoms with Crippen LogP contribution in [0, 0.1) is 0 Å². The smallest absolute Gasteiger partial charge is 0.410 e. The Morgan fingerprint density at radius 2 is 1.65 bits per heavy atom. The second kappa shape index (κ2) is 15.0. The predicted octanol–water partition coefficient (Wildman–Crippen LogP) is 5.54. The molecule has 1 atom stereocenters. The molecule has 7 heteroatoms. The molecule has 2 rings (SSSR count). The van der Waals surface area contributed by atoms with Crippen molar-refractivity contribution in [2.45, 2.75) is 84.0 Å². The van der Waals surface area contributed by atoms with E-state index in [9.17, 15) is 20.1 Å². The van der Waals surface area contributed by atoms with Gasteiger partial charge >= 0.3 is 6.09 Å². The monoisotopic (exact) mass is 515 g/mol. The number of hydrogen-bond donors (Lipinski definition) is 3. The van der Waals surface area contributed by atoms with E-state index in [2.05, 4.69) is 24.3 Å². The van der Waals surface area contributed by atoms with Crippen LogP contribution in [-0.2, 0) is 28.1 Å². The molecule has 0 heterocycles. The molecule has 2 aromatic rings. The summed E-state index contributed by atoms with van der Waals surface area (Å²) in [5.41, 5.74) is 0.185. The molecule has 0 radical (unpaired) electrons. The molecule has 2 aromatic carbocycles. The van der Waals surface area contributed by atoms with Crippen molar-refractivity contribution in [3.8, 4) is 5.75 Å². The van der Waals surface area contributed by atoms with Gasteiger partial charge in [-0.3, -0.25) is 0 Å². The number of likely N-dealkylation sites (N-methyl/N-ethyl adjacent to an activating group) is 1. The van der Waals surface area contributed by atoms with Gasteiger partial charge < -0.3 is 29.7 Å². The molecule has 0 aliphatic carbocycles. The molecule has 0 fully saturated rings. The summed E-state index contributed by atoms with van der Waals surface area (Å²) < 4.78 is 11.3. The quantitative estimate of drug-likeness (QED) is 0.269. The van der Waals surface area contributed by atoms with Gasteiger partial charge in [0.2, 0.25) is 0 Å². The predicted molar refractivity (Wildman–Crippen MR) is 145 cm³/mol. The van der Waals surface area contributed by atoms with E-state index in [0.717, 1.165) is 25.7 Å². The average Bonchev–Trinajstić information content (AvgIpc) is 2.86. The van der Waals surface area contributed by atoms with E-state index in [1.807, 2.05) is 13.0 Å².